The van der Waals surface area contributed by atoms with E-state index in [0.717, 1.165) is 12.1 Å². The van der Waals surface area contributed by atoms with Crippen molar-refractivity contribution in [2.45, 2.75) is 37.3 Å². The standard InChI is InChI=1S/C13H18ClFN2O3S/c1-13(2)11(6-12(13)20-3)17-21(18,19)10-5-9(16)8(15)4-7(10)14/h4-5,11-12,17H,6,16H2,1-3H3. The fourth-order valence-corrected chi connectivity index (χ4v) is 4.44. The van der Waals surface area contributed by atoms with Crippen LogP contribution in [0.1, 0.15) is 20.3 Å². The molecule has 5 nitrogen and oxygen atoms in total. The highest BCUT2D eigenvalue weighted by molar-refractivity contribution is 7.89. The van der Waals surface area contributed by atoms with Crippen LogP contribution >= 0.6 is 11.6 Å². The minimum Gasteiger partial charge on any atom is -0.396 e. The van der Waals surface area contributed by atoms with Crippen LogP contribution in [0.2, 0.25) is 5.02 Å². The summed E-state index contributed by atoms with van der Waals surface area (Å²) in [5.74, 6) is -0.748. The maximum Gasteiger partial charge on any atom is 0.242 e. The molecule has 1 aromatic rings. The number of nitrogens with two attached hydrogens (primary N) is 1. The Morgan fingerprint density at radius 3 is 2.62 bits per heavy atom. The SMILES string of the molecule is COC1CC(NS(=O)(=O)c2cc(N)c(F)cc2Cl)C1(C)C. The van der Waals surface area contributed by atoms with E-state index in [1.807, 2.05) is 13.8 Å². The molecule has 1 aromatic carbocycles. The summed E-state index contributed by atoms with van der Waals surface area (Å²) >= 11 is 5.82. The summed E-state index contributed by atoms with van der Waals surface area (Å²) in [7, 11) is -2.29. The summed E-state index contributed by atoms with van der Waals surface area (Å²) in [5, 5.41) is -0.199. The largest absolute Gasteiger partial charge is 0.396 e. The van der Waals surface area contributed by atoms with Crippen LogP contribution in [0.5, 0.6) is 0 Å². The van der Waals surface area contributed by atoms with Gasteiger partial charge in [-0.15, -0.1) is 0 Å². The number of nitrogens with one attached hydrogen (secondary N) is 1. The molecule has 0 radical (unpaired) electrons. The molecule has 3 N–H and O–H groups in total. The number of hydrogen-bond donors (Lipinski definition) is 2. The number of hydrogen-bond acceptors (Lipinski definition) is 4. The van der Waals surface area contributed by atoms with E-state index in [1.54, 1.807) is 7.11 Å². The van der Waals surface area contributed by atoms with Gasteiger partial charge in [-0.2, -0.15) is 0 Å². The first-order chi connectivity index (χ1) is 9.59. The fourth-order valence-electron chi connectivity index (χ4n) is 2.49. The number of benzene rings is 1. The second-order valence-electron chi connectivity index (χ2n) is 5.76. The van der Waals surface area contributed by atoms with Gasteiger partial charge in [-0.1, -0.05) is 25.4 Å². The Bertz CT molecular complexity index is 664. The smallest absolute Gasteiger partial charge is 0.242 e. The summed E-state index contributed by atoms with van der Waals surface area (Å²) in [6, 6.07) is 1.64. The van der Waals surface area contributed by atoms with E-state index < -0.39 is 15.8 Å². The first-order valence-corrected chi connectivity index (χ1v) is 8.25. The van der Waals surface area contributed by atoms with Crippen LogP contribution in [0.15, 0.2) is 17.0 Å². The topological polar surface area (TPSA) is 81.4 Å². The number of anilines is 1. The number of nitrogen functional groups attached to an aromatic ring is 1. The third-order valence-electron chi connectivity index (χ3n) is 4.10. The molecule has 21 heavy (non-hydrogen) atoms. The molecule has 1 aliphatic carbocycles. The number of halogens is 2. The van der Waals surface area contributed by atoms with Gasteiger partial charge in [0, 0.05) is 18.6 Å². The molecule has 1 fully saturated rings. The molecule has 2 atom stereocenters. The average Bonchev–Trinajstić information content (AvgIpc) is 2.38. The van der Waals surface area contributed by atoms with Crippen molar-refractivity contribution in [3.63, 3.8) is 0 Å². The lowest BCUT2D eigenvalue weighted by atomic mass is 9.65. The molecule has 0 saturated heterocycles. The molecule has 2 unspecified atom stereocenters. The molecule has 0 aliphatic heterocycles. The summed E-state index contributed by atoms with van der Waals surface area (Å²) in [6.07, 6.45) is 0.552. The molecule has 0 amide bonds. The van der Waals surface area contributed by atoms with E-state index in [0.29, 0.717) is 6.42 Å². The maximum atomic E-state index is 13.3. The van der Waals surface area contributed by atoms with Gasteiger partial charge in [0.05, 0.1) is 16.8 Å². The third-order valence-corrected chi connectivity index (χ3v) is 6.04. The highest BCUT2D eigenvalue weighted by Gasteiger charge is 2.50. The predicted molar refractivity (Wildman–Crippen MR) is 79.1 cm³/mol. The summed E-state index contributed by atoms with van der Waals surface area (Å²) < 4.78 is 45.9. The summed E-state index contributed by atoms with van der Waals surface area (Å²) in [4.78, 5) is -0.222. The van der Waals surface area contributed by atoms with E-state index in [1.165, 1.54) is 0 Å². The van der Waals surface area contributed by atoms with E-state index >= 15 is 0 Å². The van der Waals surface area contributed by atoms with Gasteiger partial charge in [-0.05, 0) is 18.6 Å². The van der Waals surface area contributed by atoms with E-state index in [4.69, 9.17) is 22.1 Å². The predicted octanol–water partition coefficient (Wildman–Crippen LogP) is 2.15. The fraction of sp³-hybridized carbons (Fsp3) is 0.538. The number of ether oxygens (including phenoxy) is 1. The number of methoxy groups -OCH3 is 1. The molecule has 0 aromatic heterocycles. The number of rotatable bonds is 4. The van der Waals surface area contributed by atoms with E-state index in [2.05, 4.69) is 4.72 Å². The first kappa shape index (κ1) is 16.5. The molecule has 0 spiro atoms. The van der Waals surface area contributed by atoms with Crippen LogP contribution < -0.4 is 10.5 Å². The van der Waals surface area contributed by atoms with Gasteiger partial charge in [-0.25, -0.2) is 17.5 Å². The van der Waals surface area contributed by atoms with Crippen LogP contribution in [0.25, 0.3) is 0 Å². The highest BCUT2D eigenvalue weighted by Crippen LogP contribution is 2.43. The van der Waals surface area contributed by atoms with Gasteiger partial charge < -0.3 is 10.5 Å². The first-order valence-electron chi connectivity index (χ1n) is 6.39. The van der Waals surface area contributed by atoms with Gasteiger partial charge in [0.2, 0.25) is 10.0 Å². The van der Waals surface area contributed by atoms with Crippen molar-refractivity contribution >= 4 is 27.3 Å². The lowest BCUT2D eigenvalue weighted by molar-refractivity contribution is -0.0908. The molecule has 118 valence electrons. The Labute approximate surface area is 128 Å². The van der Waals surface area contributed by atoms with Gasteiger partial charge in [-0.3, -0.25) is 0 Å². The molecular formula is C13H18ClFN2O3S. The lowest BCUT2D eigenvalue weighted by Crippen LogP contribution is -2.61. The number of sulfonamides is 1. The van der Waals surface area contributed by atoms with Gasteiger partial charge >= 0.3 is 0 Å². The minimum atomic E-state index is -3.88. The summed E-state index contributed by atoms with van der Waals surface area (Å²) in [6.45, 7) is 3.83. The van der Waals surface area contributed by atoms with Gasteiger partial charge in [0.25, 0.3) is 0 Å². The summed E-state index contributed by atoms with van der Waals surface area (Å²) in [5.41, 5.74) is 4.82. The third kappa shape index (κ3) is 2.88. The lowest BCUT2D eigenvalue weighted by Gasteiger charge is -2.50. The van der Waals surface area contributed by atoms with E-state index in [-0.39, 0.29) is 33.2 Å². The van der Waals surface area contributed by atoms with Crippen LogP contribution in [0.4, 0.5) is 10.1 Å². The van der Waals surface area contributed by atoms with Crippen LogP contribution in [0, 0.1) is 11.2 Å². The minimum absolute atomic E-state index is 0.0149. The zero-order chi connectivity index (χ0) is 16.0. The maximum absolute atomic E-state index is 13.3. The zero-order valence-electron chi connectivity index (χ0n) is 12.0. The molecule has 0 heterocycles. The molecule has 8 heteroatoms. The zero-order valence-corrected chi connectivity index (χ0v) is 13.6. The monoisotopic (exact) mass is 336 g/mol. The van der Waals surface area contributed by atoms with Crippen molar-refractivity contribution < 1.29 is 17.5 Å². The molecule has 2 rings (SSSR count). The van der Waals surface area contributed by atoms with Gasteiger partial charge in [0.15, 0.2) is 0 Å². The van der Waals surface area contributed by atoms with Crippen molar-refractivity contribution in [3.05, 3.63) is 23.0 Å². The second kappa shape index (κ2) is 5.39. The van der Waals surface area contributed by atoms with Crippen molar-refractivity contribution in [3.8, 4) is 0 Å². The molecular weight excluding hydrogens is 319 g/mol. The van der Waals surface area contributed by atoms with Crippen molar-refractivity contribution in [2.24, 2.45) is 5.41 Å². The molecule has 1 saturated carbocycles. The van der Waals surface area contributed by atoms with E-state index in [9.17, 15) is 12.8 Å². The Hall–Kier alpha value is -0.890. The van der Waals surface area contributed by atoms with Gasteiger partial charge in [0.1, 0.15) is 10.7 Å². The Balaban J connectivity index is 2.27. The van der Waals surface area contributed by atoms with Crippen LogP contribution in [-0.4, -0.2) is 27.7 Å². The Morgan fingerprint density at radius 2 is 2.10 bits per heavy atom. The van der Waals surface area contributed by atoms with Crippen molar-refractivity contribution in [1.82, 2.24) is 4.72 Å². The molecule has 0 bridgehead atoms. The normalized spacial score (nSPS) is 24.6. The Morgan fingerprint density at radius 1 is 1.48 bits per heavy atom. The van der Waals surface area contributed by atoms with Crippen LogP contribution in [0.3, 0.4) is 0 Å². The Kier molecular flexibility index (Phi) is 4.23. The van der Waals surface area contributed by atoms with Crippen LogP contribution in [-0.2, 0) is 14.8 Å². The van der Waals surface area contributed by atoms with Crippen molar-refractivity contribution in [2.75, 3.05) is 12.8 Å². The quantitative estimate of drug-likeness (QED) is 0.825. The van der Waals surface area contributed by atoms with Crippen molar-refractivity contribution in [1.29, 1.82) is 0 Å². The molecule has 1 aliphatic rings. The highest BCUT2D eigenvalue weighted by atomic mass is 35.5. The average molecular weight is 337 g/mol. The second-order valence-corrected chi connectivity index (χ2v) is 7.85.